The van der Waals surface area contributed by atoms with Gasteiger partial charge in [-0.15, -0.1) is 0 Å². The van der Waals surface area contributed by atoms with E-state index in [1.807, 2.05) is 84.9 Å². The second-order valence-electron chi connectivity index (χ2n) is 6.47. The van der Waals surface area contributed by atoms with E-state index in [4.69, 9.17) is 9.15 Å². The molecule has 5 rings (SSSR count). The summed E-state index contributed by atoms with van der Waals surface area (Å²) < 4.78 is 12.4. The van der Waals surface area contributed by atoms with Crippen LogP contribution in [0.2, 0.25) is 0 Å². The molecule has 1 aliphatic rings. The highest BCUT2D eigenvalue weighted by Crippen LogP contribution is 2.36. The van der Waals surface area contributed by atoms with Crippen molar-refractivity contribution in [2.24, 2.45) is 0 Å². The first-order valence-electron chi connectivity index (χ1n) is 8.86. The Morgan fingerprint density at radius 3 is 2.41 bits per heavy atom. The maximum Gasteiger partial charge on any atom is 0.200 e. The molecule has 4 aromatic rings. The molecule has 1 aromatic heterocycles. The van der Waals surface area contributed by atoms with Crippen molar-refractivity contribution in [3.05, 3.63) is 106 Å². The van der Waals surface area contributed by atoms with Gasteiger partial charge >= 0.3 is 0 Å². The van der Waals surface area contributed by atoms with Crippen LogP contribution in [0, 0.1) is 0 Å². The molecule has 0 saturated carbocycles. The summed E-state index contributed by atoms with van der Waals surface area (Å²) in [7, 11) is 0. The first-order chi connectivity index (χ1) is 13.3. The topological polar surface area (TPSA) is 39.4 Å². The number of fused-ring (bicyclic) bond motifs is 2. The summed E-state index contributed by atoms with van der Waals surface area (Å²) in [5.41, 5.74) is 2.88. The van der Waals surface area contributed by atoms with Crippen LogP contribution in [-0.4, -0.2) is 0 Å². The van der Waals surface area contributed by atoms with Crippen molar-refractivity contribution < 1.29 is 9.15 Å². The van der Waals surface area contributed by atoms with Gasteiger partial charge in [0.1, 0.15) is 23.2 Å². The fraction of sp³-hybridized carbons (Fsp3) is 0.0417. The normalized spacial score (nSPS) is 15.3. The van der Waals surface area contributed by atoms with E-state index in [1.54, 1.807) is 6.07 Å². The molecule has 0 amide bonds. The van der Waals surface area contributed by atoms with E-state index in [9.17, 15) is 4.79 Å². The highest BCUT2D eigenvalue weighted by Gasteiger charge is 2.26. The van der Waals surface area contributed by atoms with Crippen molar-refractivity contribution in [1.29, 1.82) is 0 Å². The van der Waals surface area contributed by atoms with Crippen LogP contribution in [0.4, 0.5) is 0 Å². The lowest BCUT2D eigenvalue weighted by Crippen LogP contribution is -2.20. The van der Waals surface area contributed by atoms with Crippen molar-refractivity contribution >= 4 is 17.0 Å². The summed E-state index contributed by atoms with van der Waals surface area (Å²) >= 11 is 0. The lowest BCUT2D eigenvalue weighted by molar-refractivity contribution is 0.249. The number of rotatable bonds is 2. The monoisotopic (exact) mass is 352 g/mol. The minimum atomic E-state index is -0.504. The van der Waals surface area contributed by atoms with Gasteiger partial charge in [-0.25, -0.2) is 0 Å². The standard InChI is InChI=1S/C24H16O3/c25-23-18-11-5-7-13-20(18)27-24(17-9-2-1-3-10-17)22(23)21-15-14-16-8-4-6-12-19(16)26-21/h1-15,21H. The van der Waals surface area contributed by atoms with Crippen molar-refractivity contribution in [2.45, 2.75) is 6.10 Å². The fourth-order valence-electron chi connectivity index (χ4n) is 3.47. The Kier molecular flexibility index (Phi) is 3.65. The number of hydrogen-bond donors (Lipinski definition) is 0. The Bertz CT molecular complexity index is 1220. The summed E-state index contributed by atoms with van der Waals surface area (Å²) in [6, 6.07) is 24.8. The molecule has 130 valence electrons. The quantitative estimate of drug-likeness (QED) is 0.471. The molecule has 0 N–H and O–H groups in total. The van der Waals surface area contributed by atoms with Crippen LogP contribution in [0.3, 0.4) is 0 Å². The van der Waals surface area contributed by atoms with Crippen LogP contribution < -0.4 is 10.2 Å². The van der Waals surface area contributed by atoms with Gasteiger partial charge in [0.15, 0.2) is 0 Å². The first kappa shape index (κ1) is 15.6. The third-order valence-electron chi connectivity index (χ3n) is 4.78. The van der Waals surface area contributed by atoms with Gasteiger partial charge in [-0.2, -0.15) is 0 Å². The van der Waals surface area contributed by atoms with E-state index in [2.05, 4.69) is 0 Å². The van der Waals surface area contributed by atoms with Crippen molar-refractivity contribution in [3.63, 3.8) is 0 Å². The van der Waals surface area contributed by atoms with Gasteiger partial charge in [-0.3, -0.25) is 4.79 Å². The highest BCUT2D eigenvalue weighted by molar-refractivity contribution is 5.81. The van der Waals surface area contributed by atoms with Crippen LogP contribution in [0.25, 0.3) is 28.4 Å². The molecule has 2 heterocycles. The maximum absolute atomic E-state index is 13.4. The van der Waals surface area contributed by atoms with Crippen LogP contribution in [0.1, 0.15) is 17.2 Å². The third kappa shape index (κ3) is 2.64. The summed E-state index contributed by atoms with van der Waals surface area (Å²) in [4.78, 5) is 13.4. The van der Waals surface area contributed by atoms with Gasteiger partial charge in [0.25, 0.3) is 0 Å². The fourth-order valence-corrected chi connectivity index (χ4v) is 3.47. The molecule has 3 heteroatoms. The van der Waals surface area contributed by atoms with E-state index in [0.29, 0.717) is 22.3 Å². The molecule has 0 radical (unpaired) electrons. The Balaban J connectivity index is 1.76. The van der Waals surface area contributed by atoms with Gasteiger partial charge in [-0.1, -0.05) is 66.7 Å². The Hall–Kier alpha value is -3.59. The van der Waals surface area contributed by atoms with Crippen LogP contribution >= 0.6 is 0 Å². The van der Waals surface area contributed by atoms with Crippen LogP contribution in [-0.2, 0) is 0 Å². The molecule has 0 spiro atoms. The predicted molar refractivity (Wildman–Crippen MR) is 107 cm³/mol. The zero-order valence-corrected chi connectivity index (χ0v) is 14.5. The SMILES string of the molecule is O=c1c(C2C=Cc3ccccc3O2)c(-c2ccccc2)oc2ccccc12. The third-order valence-corrected chi connectivity index (χ3v) is 4.78. The van der Waals surface area contributed by atoms with E-state index < -0.39 is 6.10 Å². The second-order valence-corrected chi connectivity index (χ2v) is 6.47. The molecule has 27 heavy (non-hydrogen) atoms. The smallest absolute Gasteiger partial charge is 0.200 e. The van der Waals surface area contributed by atoms with Crippen molar-refractivity contribution in [1.82, 2.24) is 0 Å². The molecular weight excluding hydrogens is 336 g/mol. The van der Waals surface area contributed by atoms with Crippen LogP contribution in [0.5, 0.6) is 5.75 Å². The van der Waals surface area contributed by atoms with E-state index in [0.717, 1.165) is 16.9 Å². The maximum atomic E-state index is 13.4. The molecule has 0 saturated heterocycles. The number of hydrogen-bond acceptors (Lipinski definition) is 3. The Morgan fingerprint density at radius 2 is 1.52 bits per heavy atom. The molecule has 3 nitrogen and oxygen atoms in total. The zero-order chi connectivity index (χ0) is 18.2. The zero-order valence-electron chi connectivity index (χ0n) is 14.5. The van der Waals surface area contributed by atoms with Crippen molar-refractivity contribution in [2.75, 3.05) is 0 Å². The molecule has 1 atom stereocenters. The average molecular weight is 352 g/mol. The summed E-state index contributed by atoms with van der Waals surface area (Å²) in [5, 5.41) is 0.558. The summed E-state index contributed by atoms with van der Waals surface area (Å²) in [5.74, 6) is 1.31. The van der Waals surface area contributed by atoms with Gasteiger partial charge in [0.05, 0.1) is 10.9 Å². The average Bonchev–Trinajstić information content (AvgIpc) is 2.74. The first-order valence-corrected chi connectivity index (χ1v) is 8.86. The minimum absolute atomic E-state index is 0.0651. The molecule has 0 fully saturated rings. The summed E-state index contributed by atoms with van der Waals surface area (Å²) in [6.07, 6.45) is 3.40. The van der Waals surface area contributed by atoms with E-state index in [-0.39, 0.29) is 5.43 Å². The van der Waals surface area contributed by atoms with E-state index >= 15 is 0 Å². The highest BCUT2D eigenvalue weighted by atomic mass is 16.5. The molecule has 1 aliphatic heterocycles. The van der Waals surface area contributed by atoms with Gasteiger partial charge < -0.3 is 9.15 Å². The van der Waals surface area contributed by atoms with Gasteiger partial charge in [0, 0.05) is 11.1 Å². The Labute approximate surface area is 156 Å². The predicted octanol–water partition coefficient (Wildman–Crippen LogP) is 5.61. The molecular formula is C24H16O3. The molecule has 1 unspecified atom stereocenters. The van der Waals surface area contributed by atoms with Crippen molar-refractivity contribution in [3.8, 4) is 17.1 Å². The molecule has 0 bridgehead atoms. The number of ether oxygens (including phenoxy) is 1. The van der Waals surface area contributed by atoms with E-state index in [1.165, 1.54) is 0 Å². The lowest BCUT2D eigenvalue weighted by Gasteiger charge is -2.23. The lowest BCUT2D eigenvalue weighted by atomic mass is 9.98. The van der Waals surface area contributed by atoms with Gasteiger partial charge in [-0.05, 0) is 24.3 Å². The Morgan fingerprint density at radius 1 is 0.778 bits per heavy atom. The minimum Gasteiger partial charge on any atom is -0.481 e. The van der Waals surface area contributed by atoms with Gasteiger partial charge in [0.2, 0.25) is 5.43 Å². The number of para-hydroxylation sites is 2. The second kappa shape index (κ2) is 6.29. The molecule has 3 aromatic carbocycles. The number of benzene rings is 3. The molecule has 0 aliphatic carbocycles. The summed E-state index contributed by atoms with van der Waals surface area (Å²) in [6.45, 7) is 0. The largest absolute Gasteiger partial charge is 0.481 e. The van der Waals surface area contributed by atoms with Crippen LogP contribution in [0.15, 0.2) is 94.2 Å².